The molecule has 0 heterocycles. The Morgan fingerprint density at radius 1 is 1.59 bits per heavy atom. The van der Waals surface area contributed by atoms with Crippen LogP contribution in [0, 0.1) is 17.2 Å². The predicted molar refractivity (Wildman–Crippen MR) is 73.0 cm³/mol. The molecule has 1 fully saturated rings. The van der Waals surface area contributed by atoms with Crippen molar-refractivity contribution in [3.63, 3.8) is 0 Å². The highest BCUT2D eigenvalue weighted by molar-refractivity contribution is 6.31. The summed E-state index contributed by atoms with van der Waals surface area (Å²) >= 11 is 6.01. The van der Waals surface area contributed by atoms with Crippen molar-refractivity contribution >= 4 is 23.1 Å². The first-order chi connectivity index (χ1) is 7.99. The van der Waals surface area contributed by atoms with Crippen LogP contribution >= 0.6 is 11.6 Å². The highest BCUT2D eigenvalue weighted by atomic mass is 35.5. The van der Waals surface area contributed by atoms with Crippen molar-refractivity contribution in [1.29, 1.82) is 5.41 Å². The molecule has 0 saturated heterocycles. The number of halogens is 1. The Hall–Kier alpha value is -1.22. The van der Waals surface area contributed by atoms with Crippen LogP contribution in [-0.2, 0) is 0 Å². The third kappa shape index (κ3) is 2.72. The Morgan fingerprint density at radius 2 is 2.24 bits per heavy atom. The van der Waals surface area contributed by atoms with Crippen molar-refractivity contribution in [3.05, 3.63) is 28.8 Å². The van der Waals surface area contributed by atoms with Gasteiger partial charge in [-0.1, -0.05) is 18.5 Å². The van der Waals surface area contributed by atoms with Crippen LogP contribution in [-0.4, -0.2) is 19.4 Å². The van der Waals surface area contributed by atoms with E-state index in [4.69, 9.17) is 22.7 Å². The monoisotopic (exact) mass is 251 g/mol. The normalized spacial score (nSPS) is 22.3. The van der Waals surface area contributed by atoms with E-state index in [0.717, 1.165) is 29.6 Å². The summed E-state index contributed by atoms with van der Waals surface area (Å²) < 4.78 is 0. The van der Waals surface area contributed by atoms with E-state index >= 15 is 0 Å². The van der Waals surface area contributed by atoms with Gasteiger partial charge in [-0.05, 0) is 36.5 Å². The van der Waals surface area contributed by atoms with Gasteiger partial charge < -0.3 is 10.6 Å². The molecule has 0 bridgehead atoms. The quantitative estimate of drug-likeness (QED) is 0.639. The second-order valence-corrected chi connectivity index (χ2v) is 5.37. The average Bonchev–Trinajstić information content (AvgIpc) is 2.93. The maximum absolute atomic E-state index is 7.59. The van der Waals surface area contributed by atoms with E-state index in [1.54, 1.807) is 6.07 Å². The van der Waals surface area contributed by atoms with Gasteiger partial charge in [0.15, 0.2) is 0 Å². The van der Waals surface area contributed by atoms with Crippen LogP contribution in [0.15, 0.2) is 18.2 Å². The number of nitrogens with two attached hydrogens (primary N) is 1. The van der Waals surface area contributed by atoms with E-state index in [9.17, 15) is 0 Å². The molecule has 1 aromatic rings. The van der Waals surface area contributed by atoms with Crippen molar-refractivity contribution in [1.82, 2.24) is 0 Å². The minimum Gasteiger partial charge on any atom is -0.384 e. The molecular weight excluding hydrogens is 234 g/mol. The number of benzene rings is 1. The smallest absolute Gasteiger partial charge is 0.124 e. The summed E-state index contributed by atoms with van der Waals surface area (Å²) in [7, 11) is 2.03. The maximum Gasteiger partial charge on any atom is 0.124 e. The minimum atomic E-state index is 0.0902. The number of anilines is 1. The molecule has 2 rings (SSSR count). The first-order valence-corrected chi connectivity index (χ1v) is 6.22. The zero-order valence-electron chi connectivity index (χ0n) is 10.2. The summed E-state index contributed by atoms with van der Waals surface area (Å²) in [6.45, 7) is 3.27. The second-order valence-electron chi connectivity index (χ2n) is 4.93. The Kier molecular flexibility index (Phi) is 3.29. The zero-order valence-corrected chi connectivity index (χ0v) is 11.0. The molecule has 2 unspecified atom stereocenters. The number of rotatable bonds is 4. The number of nitrogens with one attached hydrogen (secondary N) is 1. The summed E-state index contributed by atoms with van der Waals surface area (Å²) in [6, 6.07) is 5.47. The van der Waals surface area contributed by atoms with E-state index in [0.29, 0.717) is 5.02 Å². The third-order valence-electron chi connectivity index (χ3n) is 3.45. The fourth-order valence-corrected chi connectivity index (χ4v) is 2.32. The summed E-state index contributed by atoms with van der Waals surface area (Å²) in [5, 5.41) is 8.27. The van der Waals surface area contributed by atoms with Crippen LogP contribution in [0.3, 0.4) is 0 Å². The Bertz CT molecular complexity index is 444. The Morgan fingerprint density at radius 3 is 2.76 bits per heavy atom. The fraction of sp³-hybridized carbons (Fsp3) is 0.462. The van der Waals surface area contributed by atoms with Gasteiger partial charge in [0.2, 0.25) is 0 Å². The largest absolute Gasteiger partial charge is 0.384 e. The van der Waals surface area contributed by atoms with Crippen molar-refractivity contribution in [2.75, 3.05) is 18.5 Å². The highest BCUT2D eigenvalue weighted by Crippen LogP contribution is 2.39. The van der Waals surface area contributed by atoms with Crippen LogP contribution in [0.1, 0.15) is 18.9 Å². The van der Waals surface area contributed by atoms with E-state index in [2.05, 4.69) is 11.8 Å². The first kappa shape index (κ1) is 12.2. The number of nitrogens with zero attached hydrogens (tertiary/aromatic N) is 1. The molecule has 1 saturated carbocycles. The first-order valence-electron chi connectivity index (χ1n) is 5.84. The van der Waals surface area contributed by atoms with Gasteiger partial charge in [0.1, 0.15) is 5.84 Å². The summed E-state index contributed by atoms with van der Waals surface area (Å²) in [4.78, 5) is 2.15. The van der Waals surface area contributed by atoms with Gasteiger partial charge in [-0.2, -0.15) is 0 Å². The fourth-order valence-electron chi connectivity index (χ4n) is 2.15. The number of nitrogen functional groups attached to an aromatic ring is 1. The highest BCUT2D eigenvalue weighted by Gasteiger charge is 2.33. The summed E-state index contributed by atoms with van der Waals surface area (Å²) in [6.07, 6.45) is 1.29. The molecule has 0 amide bonds. The summed E-state index contributed by atoms with van der Waals surface area (Å²) in [5.74, 6) is 1.67. The lowest BCUT2D eigenvalue weighted by Gasteiger charge is -2.22. The molecule has 2 atom stereocenters. The molecule has 1 aliphatic rings. The number of hydrogen-bond donors (Lipinski definition) is 2. The molecule has 1 aliphatic carbocycles. The number of hydrogen-bond acceptors (Lipinski definition) is 2. The Balaban J connectivity index is 2.22. The molecule has 17 heavy (non-hydrogen) atoms. The van der Waals surface area contributed by atoms with Crippen molar-refractivity contribution in [2.24, 2.45) is 17.6 Å². The molecule has 0 aliphatic heterocycles. The van der Waals surface area contributed by atoms with Crippen molar-refractivity contribution in [3.8, 4) is 0 Å². The van der Waals surface area contributed by atoms with Gasteiger partial charge >= 0.3 is 0 Å². The van der Waals surface area contributed by atoms with Gasteiger partial charge in [-0.25, -0.2) is 0 Å². The van der Waals surface area contributed by atoms with Gasteiger partial charge in [-0.15, -0.1) is 0 Å². The lowest BCUT2D eigenvalue weighted by atomic mass is 10.1. The molecule has 1 aromatic carbocycles. The van der Waals surface area contributed by atoms with Gasteiger partial charge in [0.05, 0.1) is 0 Å². The lowest BCUT2D eigenvalue weighted by molar-refractivity contribution is 0.725. The van der Waals surface area contributed by atoms with Crippen molar-refractivity contribution in [2.45, 2.75) is 13.3 Å². The topological polar surface area (TPSA) is 53.1 Å². The predicted octanol–water partition coefficient (Wildman–Crippen LogP) is 2.72. The molecule has 3 nitrogen and oxygen atoms in total. The van der Waals surface area contributed by atoms with Crippen LogP contribution in [0.5, 0.6) is 0 Å². The van der Waals surface area contributed by atoms with Crippen LogP contribution in [0.2, 0.25) is 5.02 Å². The maximum atomic E-state index is 7.59. The van der Waals surface area contributed by atoms with Gasteiger partial charge in [0.25, 0.3) is 0 Å². The molecule has 0 spiro atoms. The van der Waals surface area contributed by atoms with Crippen LogP contribution < -0.4 is 10.6 Å². The zero-order chi connectivity index (χ0) is 12.6. The molecule has 0 radical (unpaired) electrons. The van der Waals surface area contributed by atoms with Crippen LogP contribution in [0.4, 0.5) is 5.69 Å². The second kappa shape index (κ2) is 4.57. The lowest BCUT2D eigenvalue weighted by Crippen LogP contribution is -2.24. The molecular formula is C13H18ClN3. The SMILES string of the molecule is CC1CC1CN(C)c1cc(Cl)ccc1C(=N)N. The van der Waals surface area contributed by atoms with Crippen LogP contribution in [0.25, 0.3) is 0 Å². The summed E-state index contributed by atoms with van der Waals surface area (Å²) in [5.41, 5.74) is 7.29. The van der Waals surface area contributed by atoms with E-state index < -0.39 is 0 Å². The van der Waals surface area contributed by atoms with E-state index in [-0.39, 0.29) is 5.84 Å². The van der Waals surface area contributed by atoms with E-state index in [1.807, 2.05) is 19.2 Å². The average molecular weight is 252 g/mol. The molecule has 4 heteroatoms. The number of amidine groups is 1. The van der Waals surface area contributed by atoms with Gasteiger partial charge in [0, 0.05) is 29.9 Å². The standard InChI is InChI=1S/C13H18ClN3/c1-8-5-9(8)7-17(2)12-6-10(14)3-4-11(12)13(15)16/h3-4,6,8-9H,5,7H2,1-2H3,(H3,15,16). The molecule has 92 valence electrons. The minimum absolute atomic E-state index is 0.0902. The Labute approximate surface area is 107 Å². The van der Waals surface area contributed by atoms with Crippen molar-refractivity contribution < 1.29 is 0 Å². The third-order valence-corrected chi connectivity index (χ3v) is 3.68. The van der Waals surface area contributed by atoms with E-state index in [1.165, 1.54) is 6.42 Å². The van der Waals surface area contributed by atoms with Gasteiger partial charge in [-0.3, -0.25) is 5.41 Å². The molecule has 0 aromatic heterocycles. The molecule has 3 N–H and O–H groups in total.